The van der Waals surface area contributed by atoms with Crippen LogP contribution < -0.4 is 14.8 Å². The fourth-order valence-corrected chi connectivity index (χ4v) is 3.75. The number of amides is 3. The molecule has 2 N–H and O–H groups in total. The minimum absolute atomic E-state index is 0.293. The number of imide groups is 1. The third-order valence-corrected chi connectivity index (χ3v) is 5.35. The van der Waals surface area contributed by atoms with Crippen LogP contribution >= 0.6 is 0 Å². The lowest BCUT2D eigenvalue weighted by Crippen LogP contribution is -2.41. The van der Waals surface area contributed by atoms with E-state index in [9.17, 15) is 14.4 Å². The second-order valence-electron chi connectivity index (χ2n) is 7.57. The fraction of sp³-hybridized carbons (Fsp3) is 0.381. The van der Waals surface area contributed by atoms with Gasteiger partial charge in [-0.2, -0.15) is 0 Å². The monoisotopic (exact) mass is 397 g/mol. The zero-order valence-corrected chi connectivity index (χ0v) is 16.6. The van der Waals surface area contributed by atoms with Crippen LogP contribution in [-0.2, 0) is 10.3 Å². The van der Waals surface area contributed by atoms with E-state index in [-0.39, 0.29) is 12.3 Å². The van der Waals surface area contributed by atoms with Crippen molar-refractivity contribution in [2.24, 2.45) is 0 Å². The topological polar surface area (TPSA) is 101 Å². The van der Waals surface area contributed by atoms with E-state index < -0.39 is 17.5 Å². The highest BCUT2D eigenvalue weighted by Gasteiger charge is 2.49. The van der Waals surface area contributed by atoms with E-state index in [1.807, 2.05) is 6.92 Å². The Morgan fingerprint density at radius 2 is 1.86 bits per heavy atom. The van der Waals surface area contributed by atoms with Gasteiger partial charge in [0.05, 0.1) is 19.8 Å². The van der Waals surface area contributed by atoms with Crippen LogP contribution in [0.2, 0.25) is 0 Å². The molecule has 0 spiro atoms. The lowest BCUT2D eigenvalue weighted by molar-refractivity contribution is -0.130. The van der Waals surface area contributed by atoms with Gasteiger partial charge in [-0.3, -0.25) is 14.5 Å². The van der Waals surface area contributed by atoms with Crippen molar-refractivity contribution < 1.29 is 23.9 Å². The van der Waals surface area contributed by atoms with E-state index in [1.165, 1.54) is 0 Å². The van der Waals surface area contributed by atoms with Crippen LogP contribution in [0.1, 0.15) is 40.7 Å². The summed E-state index contributed by atoms with van der Waals surface area (Å²) in [5, 5.41) is 2.73. The summed E-state index contributed by atoms with van der Waals surface area (Å²) in [5.41, 5.74) is 1.33. The van der Waals surface area contributed by atoms with Gasteiger partial charge in [0.2, 0.25) is 0 Å². The Labute approximate surface area is 168 Å². The van der Waals surface area contributed by atoms with Crippen molar-refractivity contribution in [1.29, 1.82) is 0 Å². The van der Waals surface area contributed by atoms with Crippen molar-refractivity contribution in [2.75, 3.05) is 19.8 Å². The summed E-state index contributed by atoms with van der Waals surface area (Å²) in [5.74, 6) is 0.377. The van der Waals surface area contributed by atoms with E-state index in [1.54, 1.807) is 38.1 Å². The Bertz CT molecular complexity index is 1010. The molecule has 8 heteroatoms. The molecule has 0 saturated carbocycles. The molecule has 2 aliphatic rings. The Hall–Kier alpha value is -3.29. The van der Waals surface area contributed by atoms with Gasteiger partial charge >= 0.3 is 6.03 Å². The lowest BCUT2D eigenvalue weighted by atomic mass is 9.91. The second-order valence-corrected chi connectivity index (χ2v) is 7.57. The maximum atomic E-state index is 13.1. The maximum absolute atomic E-state index is 13.1. The van der Waals surface area contributed by atoms with Crippen molar-refractivity contribution in [2.45, 2.75) is 32.7 Å². The van der Waals surface area contributed by atoms with Gasteiger partial charge in [-0.05, 0) is 44.5 Å². The number of aromatic amines is 1. The molecular weight excluding hydrogens is 374 g/mol. The number of H-pyrrole nitrogens is 1. The largest absolute Gasteiger partial charge is 0.490 e. The SMILES string of the molecule is Cc1cc(C(=O)CN2C(=O)NC(C)(c3ccc4c(c3)OCCCO4)C2=O)c(C)[nH]1. The molecule has 0 bridgehead atoms. The molecule has 1 unspecified atom stereocenters. The maximum Gasteiger partial charge on any atom is 0.325 e. The lowest BCUT2D eigenvalue weighted by Gasteiger charge is -2.23. The molecule has 1 saturated heterocycles. The number of ether oxygens (including phenoxy) is 2. The van der Waals surface area contributed by atoms with Gasteiger partial charge in [-0.15, -0.1) is 0 Å². The quantitative estimate of drug-likeness (QED) is 0.610. The molecule has 4 rings (SSSR count). The number of hydrogen-bond acceptors (Lipinski definition) is 5. The number of rotatable bonds is 4. The average molecular weight is 397 g/mol. The first-order valence-corrected chi connectivity index (χ1v) is 9.53. The molecule has 3 amide bonds. The van der Waals surface area contributed by atoms with E-state index in [2.05, 4.69) is 10.3 Å². The molecule has 152 valence electrons. The summed E-state index contributed by atoms with van der Waals surface area (Å²) >= 11 is 0. The summed E-state index contributed by atoms with van der Waals surface area (Å²) in [6.07, 6.45) is 0.769. The van der Waals surface area contributed by atoms with E-state index >= 15 is 0 Å². The molecule has 2 aliphatic heterocycles. The number of fused-ring (bicyclic) bond motifs is 1. The normalized spacial score (nSPS) is 21.1. The molecule has 3 heterocycles. The highest BCUT2D eigenvalue weighted by atomic mass is 16.5. The number of ketones is 1. The number of hydrogen-bond donors (Lipinski definition) is 2. The van der Waals surface area contributed by atoms with Crippen molar-refractivity contribution >= 4 is 17.7 Å². The predicted molar refractivity (Wildman–Crippen MR) is 104 cm³/mol. The van der Waals surface area contributed by atoms with E-state index in [0.717, 1.165) is 17.0 Å². The predicted octanol–water partition coefficient (Wildman–Crippen LogP) is 2.44. The number of aromatic nitrogens is 1. The highest BCUT2D eigenvalue weighted by molar-refractivity contribution is 6.11. The van der Waals surface area contributed by atoms with Crippen LogP contribution in [-0.4, -0.2) is 47.4 Å². The Kier molecular flexibility index (Phi) is 4.56. The summed E-state index contributed by atoms with van der Waals surface area (Å²) in [6.45, 7) is 6.02. The molecule has 2 aromatic rings. The molecule has 1 atom stereocenters. The summed E-state index contributed by atoms with van der Waals surface area (Å²) < 4.78 is 11.3. The Morgan fingerprint density at radius 3 is 2.55 bits per heavy atom. The van der Waals surface area contributed by atoms with Crippen LogP contribution in [0.3, 0.4) is 0 Å². The van der Waals surface area contributed by atoms with E-state index in [4.69, 9.17) is 9.47 Å². The summed E-state index contributed by atoms with van der Waals surface area (Å²) in [7, 11) is 0. The van der Waals surface area contributed by atoms with Crippen LogP contribution in [0, 0.1) is 13.8 Å². The van der Waals surface area contributed by atoms with Gasteiger partial charge in [0.15, 0.2) is 17.3 Å². The van der Waals surface area contributed by atoms with E-state index in [0.29, 0.717) is 41.5 Å². The number of nitrogens with zero attached hydrogens (tertiary/aromatic N) is 1. The molecule has 0 aliphatic carbocycles. The Morgan fingerprint density at radius 1 is 1.14 bits per heavy atom. The van der Waals surface area contributed by atoms with Crippen LogP contribution in [0.25, 0.3) is 0 Å². The zero-order chi connectivity index (χ0) is 20.8. The van der Waals surface area contributed by atoms with Crippen LogP contribution in [0.4, 0.5) is 4.79 Å². The average Bonchev–Trinajstić information content (AvgIpc) is 3.00. The van der Waals surface area contributed by atoms with Gasteiger partial charge in [0.1, 0.15) is 5.54 Å². The van der Waals surface area contributed by atoms with Gasteiger partial charge < -0.3 is 19.8 Å². The third-order valence-electron chi connectivity index (χ3n) is 5.35. The molecular formula is C21H23N3O5. The van der Waals surface area contributed by atoms with Crippen LogP contribution in [0.15, 0.2) is 24.3 Å². The van der Waals surface area contributed by atoms with Crippen molar-refractivity contribution in [3.63, 3.8) is 0 Å². The van der Waals surface area contributed by atoms with Gasteiger partial charge in [-0.25, -0.2) is 4.79 Å². The summed E-state index contributed by atoms with van der Waals surface area (Å²) in [6, 6.07) is 6.31. The number of aryl methyl sites for hydroxylation is 2. The number of carbonyl (C=O) groups excluding carboxylic acids is 3. The molecule has 1 fully saturated rings. The molecule has 29 heavy (non-hydrogen) atoms. The smallest absolute Gasteiger partial charge is 0.325 e. The first-order valence-electron chi connectivity index (χ1n) is 9.53. The number of carbonyl (C=O) groups is 3. The first-order chi connectivity index (χ1) is 13.8. The molecule has 1 aromatic carbocycles. The summed E-state index contributed by atoms with van der Waals surface area (Å²) in [4.78, 5) is 42.4. The number of nitrogens with one attached hydrogen (secondary N) is 2. The number of urea groups is 1. The molecule has 0 radical (unpaired) electrons. The van der Waals surface area contributed by atoms with Crippen molar-refractivity contribution in [3.05, 3.63) is 46.8 Å². The number of benzene rings is 1. The van der Waals surface area contributed by atoms with Crippen molar-refractivity contribution in [3.8, 4) is 11.5 Å². The standard InChI is InChI=1S/C21H23N3O5/c1-12-9-15(13(2)22-12)16(25)11-24-19(26)21(3,23-20(24)27)14-5-6-17-18(10-14)29-8-4-7-28-17/h5-6,9-10,22H,4,7-8,11H2,1-3H3,(H,23,27). The van der Waals surface area contributed by atoms with Gasteiger partial charge in [0.25, 0.3) is 5.91 Å². The highest BCUT2D eigenvalue weighted by Crippen LogP contribution is 2.36. The van der Waals surface area contributed by atoms with Gasteiger partial charge in [0, 0.05) is 23.4 Å². The minimum Gasteiger partial charge on any atom is -0.490 e. The third kappa shape index (κ3) is 3.24. The van der Waals surface area contributed by atoms with Crippen LogP contribution in [0.5, 0.6) is 11.5 Å². The van der Waals surface area contributed by atoms with Gasteiger partial charge in [-0.1, -0.05) is 6.07 Å². The fourth-order valence-electron chi connectivity index (χ4n) is 3.75. The number of Topliss-reactive ketones (excluding diaryl/α,β-unsaturated/α-hetero) is 1. The van der Waals surface area contributed by atoms with Crippen molar-refractivity contribution in [1.82, 2.24) is 15.2 Å². The first kappa shape index (κ1) is 19.0. The Balaban J connectivity index is 1.59. The second kappa shape index (κ2) is 6.95. The minimum atomic E-state index is -1.29. The zero-order valence-electron chi connectivity index (χ0n) is 16.6. The molecule has 1 aromatic heterocycles. The molecule has 8 nitrogen and oxygen atoms in total.